The van der Waals surface area contributed by atoms with Gasteiger partial charge in [0.1, 0.15) is 11.4 Å². The Morgan fingerprint density at radius 3 is 1.00 bits per heavy atom. The molecule has 0 aliphatic rings. The van der Waals surface area contributed by atoms with Crippen LogP contribution in [0.1, 0.15) is 0 Å². The molecule has 0 aliphatic heterocycles. The highest BCUT2D eigenvalue weighted by molar-refractivity contribution is 6.25. The molecule has 0 saturated carbocycles. The molecule has 0 heterocycles. The first-order valence-corrected chi connectivity index (χ1v) is 18.0. The molecule has 0 spiro atoms. The third kappa shape index (κ3) is 5.40. The smallest absolute Gasteiger partial charge is 0.186 e. The van der Waals surface area contributed by atoms with Gasteiger partial charge in [-0.15, -0.1) is 0 Å². The predicted octanol–water partition coefficient (Wildman–Crippen LogP) is 11.3. The van der Waals surface area contributed by atoms with Crippen molar-refractivity contribution in [1.29, 1.82) is 0 Å². The van der Waals surface area contributed by atoms with E-state index in [4.69, 9.17) is 0 Å². The summed E-state index contributed by atoms with van der Waals surface area (Å²) in [5, 5.41) is 98.6. The summed E-state index contributed by atoms with van der Waals surface area (Å²) in [6.07, 6.45) is 0. The summed E-state index contributed by atoms with van der Waals surface area (Å²) in [5.74, 6) is -7.04. The van der Waals surface area contributed by atoms with E-state index in [1.807, 2.05) is 30.3 Å². The van der Waals surface area contributed by atoms with Crippen LogP contribution in [0.5, 0.6) is 46.0 Å². The number of hydrogen-bond acceptors (Lipinski definition) is 9. The van der Waals surface area contributed by atoms with Crippen LogP contribution in [0, 0.1) is 0 Å². The Bertz CT molecular complexity index is 2840. The van der Waals surface area contributed by atoms with Gasteiger partial charge in [-0.2, -0.15) is 0 Å². The maximum atomic E-state index is 11.6. The second-order valence-electron chi connectivity index (χ2n) is 13.7. The Balaban J connectivity index is 1.25. The standard InChI is InChI=1S/C48H33NO8/c50-41-37(27-11-3-1-4-12-27)42(51)46(55)39(45(41)54)49(40-47(56)43(52)38(44(53)48(40)57)28-13-5-2-6-14-28)30-22-19-26(20-23-30)29-21-24-35-33-17-8-7-15-31(33)32-16-9-10-18-34(32)36(35)25-29/h1-25,50-57H. The number of benzene rings is 9. The molecule has 9 nitrogen and oxygen atoms in total. The van der Waals surface area contributed by atoms with E-state index in [-0.39, 0.29) is 27.9 Å². The van der Waals surface area contributed by atoms with Crippen LogP contribution in [0.4, 0.5) is 17.1 Å². The van der Waals surface area contributed by atoms with Crippen LogP contribution >= 0.6 is 0 Å². The minimum Gasteiger partial charge on any atom is -0.504 e. The molecule has 0 bridgehead atoms. The van der Waals surface area contributed by atoms with Crippen LogP contribution < -0.4 is 4.90 Å². The van der Waals surface area contributed by atoms with E-state index < -0.39 is 57.4 Å². The van der Waals surface area contributed by atoms with Crippen molar-refractivity contribution in [2.45, 2.75) is 0 Å². The average Bonchev–Trinajstić information content (AvgIpc) is 3.25. The Morgan fingerprint density at radius 1 is 0.263 bits per heavy atom. The van der Waals surface area contributed by atoms with Crippen molar-refractivity contribution in [3.05, 3.63) is 152 Å². The van der Waals surface area contributed by atoms with E-state index >= 15 is 0 Å². The van der Waals surface area contributed by atoms with Crippen LogP contribution in [0.3, 0.4) is 0 Å². The lowest BCUT2D eigenvalue weighted by Crippen LogP contribution is -2.12. The zero-order chi connectivity index (χ0) is 39.5. The summed E-state index contributed by atoms with van der Waals surface area (Å²) in [6, 6.07) is 45.5. The number of nitrogens with zero attached hydrogens (tertiary/aromatic N) is 1. The highest BCUT2D eigenvalue weighted by atomic mass is 16.3. The normalized spacial score (nSPS) is 11.4. The number of aromatic hydroxyl groups is 8. The molecule has 0 aliphatic carbocycles. The fourth-order valence-corrected chi connectivity index (χ4v) is 7.81. The van der Waals surface area contributed by atoms with Gasteiger partial charge in [-0.1, -0.05) is 133 Å². The van der Waals surface area contributed by atoms with Gasteiger partial charge in [0.25, 0.3) is 0 Å². The van der Waals surface area contributed by atoms with E-state index in [9.17, 15) is 40.9 Å². The van der Waals surface area contributed by atoms with Gasteiger partial charge >= 0.3 is 0 Å². The summed E-state index contributed by atoms with van der Waals surface area (Å²) in [7, 11) is 0. The van der Waals surface area contributed by atoms with E-state index in [1.54, 1.807) is 84.9 Å². The third-order valence-corrected chi connectivity index (χ3v) is 10.5. The lowest BCUT2D eigenvalue weighted by atomic mass is 9.92. The van der Waals surface area contributed by atoms with E-state index in [0.29, 0.717) is 0 Å². The monoisotopic (exact) mass is 751 g/mol. The highest BCUT2D eigenvalue weighted by Crippen LogP contribution is 2.63. The number of phenolic OH excluding ortho intramolecular Hbond substituents is 8. The summed E-state index contributed by atoms with van der Waals surface area (Å²) in [4.78, 5) is 0.932. The predicted molar refractivity (Wildman–Crippen MR) is 223 cm³/mol. The third-order valence-electron chi connectivity index (χ3n) is 10.5. The lowest BCUT2D eigenvalue weighted by Gasteiger charge is -2.30. The number of fused-ring (bicyclic) bond motifs is 6. The summed E-state index contributed by atoms with van der Waals surface area (Å²) in [5.41, 5.74) is 0.341. The van der Waals surface area contributed by atoms with Crippen LogP contribution in [0.2, 0.25) is 0 Å². The van der Waals surface area contributed by atoms with Crippen molar-refractivity contribution >= 4 is 49.4 Å². The Labute approximate surface area is 325 Å². The first-order valence-electron chi connectivity index (χ1n) is 18.0. The molecule has 0 saturated heterocycles. The van der Waals surface area contributed by atoms with E-state index in [2.05, 4.69) is 36.4 Å². The second-order valence-corrected chi connectivity index (χ2v) is 13.7. The molecular formula is C48H33NO8. The minimum atomic E-state index is -0.938. The summed E-state index contributed by atoms with van der Waals surface area (Å²) >= 11 is 0. The molecule has 9 rings (SSSR count). The summed E-state index contributed by atoms with van der Waals surface area (Å²) < 4.78 is 0. The number of hydrogen-bond donors (Lipinski definition) is 8. The van der Waals surface area contributed by atoms with Crippen LogP contribution in [-0.2, 0) is 0 Å². The number of rotatable bonds is 6. The van der Waals surface area contributed by atoms with Crippen molar-refractivity contribution in [1.82, 2.24) is 0 Å². The topological polar surface area (TPSA) is 165 Å². The Hall–Kier alpha value is -8.04. The fourth-order valence-electron chi connectivity index (χ4n) is 7.81. The van der Waals surface area contributed by atoms with Crippen LogP contribution in [-0.4, -0.2) is 40.9 Å². The molecule has 8 N–H and O–H groups in total. The molecule has 0 atom stereocenters. The zero-order valence-corrected chi connectivity index (χ0v) is 30.0. The molecule has 0 unspecified atom stereocenters. The number of phenols is 8. The largest absolute Gasteiger partial charge is 0.504 e. The first-order chi connectivity index (χ1) is 27.7. The number of anilines is 3. The Kier molecular flexibility index (Phi) is 8.14. The SMILES string of the molecule is Oc1c(O)c(N(c2ccc(-c3ccc4c5ccccc5c5ccccc5c4c3)cc2)c2c(O)c(O)c(-c3ccccc3)c(O)c2O)c(O)c(O)c1-c1ccccc1. The van der Waals surface area contributed by atoms with Gasteiger partial charge in [-0.25, -0.2) is 0 Å². The van der Waals surface area contributed by atoms with E-state index in [1.165, 1.54) is 0 Å². The molecular weight excluding hydrogens is 719 g/mol. The van der Waals surface area contributed by atoms with Crippen molar-refractivity contribution < 1.29 is 40.9 Å². The maximum absolute atomic E-state index is 11.6. The van der Waals surface area contributed by atoms with Gasteiger partial charge in [0.05, 0.1) is 11.1 Å². The maximum Gasteiger partial charge on any atom is 0.186 e. The fraction of sp³-hybridized carbons (Fsp3) is 0. The van der Waals surface area contributed by atoms with Gasteiger partial charge in [0.2, 0.25) is 0 Å². The molecule has 278 valence electrons. The lowest BCUT2D eigenvalue weighted by molar-refractivity contribution is 0.372. The highest BCUT2D eigenvalue weighted by Gasteiger charge is 2.35. The van der Waals surface area contributed by atoms with Crippen molar-refractivity contribution in [3.63, 3.8) is 0 Å². The molecule has 0 fully saturated rings. The molecule has 9 aromatic carbocycles. The van der Waals surface area contributed by atoms with Crippen LogP contribution in [0.15, 0.2) is 152 Å². The van der Waals surface area contributed by atoms with Gasteiger partial charge in [0, 0.05) is 5.69 Å². The van der Waals surface area contributed by atoms with E-state index in [0.717, 1.165) is 48.3 Å². The van der Waals surface area contributed by atoms with Gasteiger partial charge < -0.3 is 40.9 Å². The van der Waals surface area contributed by atoms with Crippen molar-refractivity contribution in [2.24, 2.45) is 0 Å². The quantitative estimate of drug-likeness (QED) is 0.0469. The molecule has 0 amide bonds. The zero-order valence-electron chi connectivity index (χ0n) is 30.0. The molecule has 0 aromatic heterocycles. The Morgan fingerprint density at radius 2 is 0.596 bits per heavy atom. The molecule has 9 aromatic rings. The second kappa shape index (κ2) is 13.4. The van der Waals surface area contributed by atoms with Crippen LogP contribution in [0.25, 0.3) is 65.7 Å². The molecule has 0 radical (unpaired) electrons. The summed E-state index contributed by atoms with van der Waals surface area (Å²) in [6.45, 7) is 0. The molecule has 57 heavy (non-hydrogen) atoms. The van der Waals surface area contributed by atoms with Gasteiger partial charge in [-0.3, -0.25) is 4.90 Å². The molecule has 9 heteroatoms. The van der Waals surface area contributed by atoms with Gasteiger partial charge in [-0.05, 0) is 72.8 Å². The van der Waals surface area contributed by atoms with Gasteiger partial charge in [0.15, 0.2) is 46.0 Å². The van der Waals surface area contributed by atoms with Crippen molar-refractivity contribution in [3.8, 4) is 79.4 Å². The first kappa shape index (κ1) is 34.7. The minimum absolute atomic E-state index is 0.0738. The average molecular weight is 752 g/mol. The van der Waals surface area contributed by atoms with Crippen molar-refractivity contribution in [2.75, 3.05) is 4.90 Å².